The lowest BCUT2D eigenvalue weighted by atomic mass is 9.98. The summed E-state index contributed by atoms with van der Waals surface area (Å²) < 4.78 is 10.3. The molecule has 1 heterocycles. The van der Waals surface area contributed by atoms with E-state index < -0.39 is 43.3 Å². The van der Waals surface area contributed by atoms with Crippen molar-refractivity contribution in [3.8, 4) is 0 Å². The van der Waals surface area contributed by atoms with Crippen molar-refractivity contribution in [1.29, 1.82) is 0 Å². The van der Waals surface area contributed by atoms with Crippen molar-refractivity contribution < 1.29 is 34.7 Å². The highest BCUT2D eigenvalue weighted by atomic mass is 16.7. The van der Waals surface area contributed by atoms with Crippen LogP contribution in [-0.4, -0.2) is 63.7 Å². The van der Waals surface area contributed by atoms with Gasteiger partial charge in [0.15, 0.2) is 0 Å². The lowest BCUT2D eigenvalue weighted by Crippen LogP contribution is -2.59. The van der Waals surface area contributed by atoms with Crippen molar-refractivity contribution >= 4 is 5.97 Å². The number of benzene rings is 1. The molecule has 0 radical (unpaired) electrons. The Bertz CT molecular complexity index is 561. The van der Waals surface area contributed by atoms with Crippen molar-refractivity contribution in [2.75, 3.05) is 6.61 Å². The molecule has 0 bridgehead atoms. The molecule has 7 heteroatoms. The van der Waals surface area contributed by atoms with Crippen LogP contribution >= 0.6 is 0 Å². The zero-order chi connectivity index (χ0) is 17.3. The second-order valence-electron chi connectivity index (χ2n) is 5.88. The van der Waals surface area contributed by atoms with Crippen molar-refractivity contribution in [3.05, 3.63) is 34.4 Å². The number of hydrogen-bond acceptors (Lipinski definition) is 7. The van der Waals surface area contributed by atoms with Crippen LogP contribution in [0, 0.1) is 20.8 Å². The molecule has 23 heavy (non-hydrogen) atoms. The molecule has 0 aromatic heterocycles. The zero-order valence-corrected chi connectivity index (χ0v) is 13.3. The van der Waals surface area contributed by atoms with Crippen LogP contribution in [0.15, 0.2) is 12.1 Å². The molecule has 5 atom stereocenters. The first-order valence-electron chi connectivity index (χ1n) is 7.35. The third kappa shape index (κ3) is 3.54. The standard InChI is InChI=1S/C16H22O7/c1-7-4-8(2)11(9(3)5-7)15(21)23-16-14(20)13(19)12(18)10(6-17)22-16/h4-5,10,12-14,16-20H,6H2,1-3H3/t10-,12+,13-,14+,16+/m0/s1. The van der Waals surface area contributed by atoms with Crippen LogP contribution in [0.5, 0.6) is 0 Å². The second kappa shape index (κ2) is 6.94. The summed E-state index contributed by atoms with van der Waals surface area (Å²) in [5.74, 6) is -0.704. The van der Waals surface area contributed by atoms with E-state index in [1.165, 1.54) is 0 Å². The van der Waals surface area contributed by atoms with E-state index in [1.54, 1.807) is 13.8 Å². The minimum absolute atomic E-state index is 0.354. The van der Waals surface area contributed by atoms with Crippen LogP contribution in [0.3, 0.4) is 0 Å². The molecule has 4 N–H and O–H groups in total. The van der Waals surface area contributed by atoms with E-state index in [0.717, 1.165) is 16.7 Å². The molecule has 0 unspecified atom stereocenters. The predicted molar refractivity (Wildman–Crippen MR) is 79.8 cm³/mol. The van der Waals surface area contributed by atoms with Gasteiger partial charge in [-0.15, -0.1) is 0 Å². The number of rotatable bonds is 3. The van der Waals surface area contributed by atoms with Crippen molar-refractivity contribution in [1.82, 2.24) is 0 Å². The number of carbonyl (C=O) groups excluding carboxylic acids is 1. The maximum Gasteiger partial charge on any atom is 0.341 e. The average Bonchev–Trinajstić information content (AvgIpc) is 2.46. The van der Waals surface area contributed by atoms with Crippen LogP contribution in [0.25, 0.3) is 0 Å². The van der Waals surface area contributed by atoms with E-state index in [9.17, 15) is 20.1 Å². The predicted octanol–water partition coefficient (Wildman–Crippen LogP) is -0.431. The van der Waals surface area contributed by atoms with Gasteiger partial charge in [0.1, 0.15) is 24.4 Å². The topological polar surface area (TPSA) is 116 Å². The van der Waals surface area contributed by atoms with Gasteiger partial charge in [-0.1, -0.05) is 17.7 Å². The maximum absolute atomic E-state index is 12.4. The molecule has 2 rings (SSSR count). The zero-order valence-electron chi connectivity index (χ0n) is 13.3. The number of esters is 1. The van der Waals surface area contributed by atoms with Gasteiger partial charge in [-0.25, -0.2) is 4.79 Å². The lowest BCUT2D eigenvalue weighted by Gasteiger charge is -2.39. The SMILES string of the molecule is Cc1cc(C)c(C(=O)O[C@H]2O[C@@H](CO)[C@@H](O)[C@H](O)[C@H]2O)c(C)c1. The minimum Gasteiger partial charge on any atom is -0.429 e. The highest BCUT2D eigenvalue weighted by molar-refractivity contribution is 5.92. The fraction of sp³-hybridized carbons (Fsp3) is 0.562. The van der Waals surface area contributed by atoms with Gasteiger partial charge in [0.2, 0.25) is 6.29 Å². The largest absolute Gasteiger partial charge is 0.429 e. The van der Waals surface area contributed by atoms with Gasteiger partial charge in [0.25, 0.3) is 0 Å². The number of aliphatic hydroxyl groups is 4. The number of aryl methyl sites for hydroxylation is 3. The molecule has 1 aromatic rings. The molecule has 0 aliphatic carbocycles. The normalized spacial score (nSPS) is 31.0. The van der Waals surface area contributed by atoms with E-state index in [4.69, 9.17) is 14.6 Å². The Hall–Kier alpha value is -1.51. The average molecular weight is 326 g/mol. The fourth-order valence-corrected chi connectivity index (χ4v) is 2.83. The first kappa shape index (κ1) is 17.8. The Morgan fingerprint density at radius 1 is 1.09 bits per heavy atom. The second-order valence-corrected chi connectivity index (χ2v) is 5.88. The van der Waals surface area contributed by atoms with Crippen molar-refractivity contribution in [3.63, 3.8) is 0 Å². The Balaban J connectivity index is 2.20. The summed E-state index contributed by atoms with van der Waals surface area (Å²) >= 11 is 0. The van der Waals surface area contributed by atoms with Crippen LogP contribution in [0.4, 0.5) is 0 Å². The molecule has 128 valence electrons. The number of aliphatic hydroxyl groups excluding tert-OH is 4. The molecule has 0 spiro atoms. The Morgan fingerprint density at radius 2 is 1.65 bits per heavy atom. The first-order chi connectivity index (χ1) is 10.8. The maximum atomic E-state index is 12.4. The fourth-order valence-electron chi connectivity index (χ4n) is 2.83. The Labute approximate surface area is 134 Å². The quantitative estimate of drug-likeness (QED) is 0.557. The molecule has 1 aliphatic rings. The van der Waals surface area contributed by atoms with E-state index in [0.29, 0.717) is 5.56 Å². The van der Waals surface area contributed by atoms with E-state index in [-0.39, 0.29) is 0 Å². The number of hydrogen-bond donors (Lipinski definition) is 4. The van der Waals surface area contributed by atoms with Gasteiger partial charge in [-0.05, 0) is 31.9 Å². The highest BCUT2D eigenvalue weighted by Crippen LogP contribution is 2.24. The molecule has 1 aromatic carbocycles. The summed E-state index contributed by atoms with van der Waals surface area (Å²) in [7, 11) is 0. The van der Waals surface area contributed by atoms with E-state index in [2.05, 4.69) is 0 Å². The van der Waals surface area contributed by atoms with Crippen molar-refractivity contribution in [2.24, 2.45) is 0 Å². The smallest absolute Gasteiger partial charge is 0.341 e. The summed E-state index contributed by atoms with van der Waals surface area (Å²) in [5, 5.41) is 38.5. The highest BCUT2D eigenvalue weighted by Gasteiger charge is 2.45. The van der Waals surface area contributed by atoms with Gasteiger partial charge >= 0.3 is 5.97 Å². The Morgan fingerprint density at radius 3 is 2.17 bits per heavy atom. The number of carbonyl (C=O) groups is 1. The monoisotopic (exact) mass is 326 g/mol. The first-order valence-corrected chi connectivity index (χ1v) is 7.35. The van der Waals surface area contributed by atoms with E-state index in [1.807, 2.05) is 19.1 Å². The summed E-state index contributed by atoms with van der Waals surface area (Å²) in [5.41, 5.74) is 2.80. The molecule has 0 amide bonds. The molecule has 0 saturated carbocycles. The minimum atomic E-state index is -1.61. The van der Waals surface area contributed by atoms with E-state index >= 15 is 0 Å². The lowest BCUT2D eigenvalue weighted by molar-refractivity contribution is -0.285. The van der Waals surface area contributed by atoms with Crippen LogP contribution in [-0.2, 0) is 9.47 Å². The third-order valence-corrected chi connectivity index (χ3v) is 3.95. The number of ether oxygens (including phenoxy) is 2. The van der Waals surface area contributed by atoms with Crippen LogP contribution < -0.4 is 0 Å². The van der Waals surface area contributed by atoms with Gasteiger partial charge in [-0.3, -0.25) is 0 Å². The molecular formula is C16H22O7. The van der Waals surface area contributed by atoms with Crippen LogP contribution in [0.2, 0.25) is 0 Å². The summed E-state index contributed by atoms with van der Waals surface area (Å²) in [6, 6.07) is 3.66. The Kier molecular flexibility index (Phi) is 5.38. The molecule has 1 aliphatic heterocycles. The van der Waals surface area contributed by atoms with Gasteiger partial charge in [-0.2, -0.15) is 0 Å². The van der Waals surface area contributed by atoms with Gasteiger partial charge < -0.3 is 29.9 Å². The molecule has 1 saturated heterocycles. The van der Waals surface area contributed by atoms with Crippen molar-refractivity contribution in [2.45, 2.75) is 51.5 Å². The van der Waals surface area contributed by atoms with Gasteiger partial charge in [0.05, 0.1) is 12.2 Å². The van der Waals surface area contributed by atoms with Crippen LogP contribution in [0.1, 0.15) is 27.0 Å². The molecule has 7 nitrogen and oxygen atoms in total. The molecular weight excluding hydrogens is 304 g/mol. The summed E-state index contributed by atoms with van der Waals surface area (Å²) in [4.78, 5) is 12.4. The summed E-state index contributed by atoms with van der Waals surface area (Å²) in [6.45, 7) is 4.86. The third-order valence-electron chi connectivity index (χ3n) is 3.95. The van der Waals surface area contributed by atoms with Gasteiger partial charge in [0, 0.05) is 0 Å². The summed E-state index contributed by atoms with van der Waals surface area (Å²) in [6.07, 6.45) is -7.28. The molecule has 1 fully saturated rings.